The summed E-state index contributed by atoms with van der Waals surface area (Å²) in [5.74, 6) is 0.704. The summed E-state index contributed by atoms with van der Waals surface area (Å²) in [6, 6.07) is 0. The molecular formula is C6H14N2O. The minimum absolute atomic E-state index is 0.468. The Labute approximate surface area is 56.0 Å². The molecule has 0 saturated carbocycles. The lowest BCUT2D eigenvalue weighted by Gasteiger charge is -2.16. The molecule has 1 N–H and O–H groups in total. The summed E-state index contributed by atoms with van der Waals surface area (Å²) in [6.45, 7) is 1.70. The molecule has 0 radical (unpaired) electrons. The average Bonchev–Trinajstić information content (AvgIpc) is 1.64. The van der Waals surface area contributed by atoms with E-state index in [-0.39, 0.29) is 0 Å². The summed E-state index contributed by atoms with van der Waals surface area (Å²) in [7, 11) is 5.38. The highest BCUT2D eigenvalue weighted by Gasteiger charge is 2.05. The standard InChI is InChI=1S/C6H14N2O/c1-5(9)6(7-2)8(3)4/h5,9H,1-4H3. The third-order valence-electron chi connectivity index (χ3n) is 1.06. The lowest BCUT2D eigenvalue weighted by atomic mass is 10.3. The molecule has 0 aromatic heterocycles. The Hall–Kier alpha value is -0.570. The molecular weight excluding hydrogens is 116 g/mol. The van der Waals surface area contributed by atoms with Crippen molar-refractivity contribution in [3.8, 4) is 0 Å². The van der Waals surface area contributed by atoms with Crippen LogP contribution in [0.15, 0.2) is 4.99 Å². The molecule has 0 aromatic rings. The van der Waals surface area contributed by atoms with E-state index >= 15 is 0 Å². The van der Waals surface area contributed by atoms with Crippen LogP contribution < -0.4 is 0 Å². The van der Waals surface area contributed by atoms with Crippen molar-refractivity contribution in [3.05, 3.63) is 0 Å². The van der Waals surface area contributed by atoms with E-state index in [1.54, 1.807) is 18.9 Å². The first-order valence-corrected chi connectivity index (χ1v) is 2.91. The minimum Gasteiger partial charge on any atom is -0.385 e. The molecule has 0 aliphatic carbocycles. The van der Waals surface area contributed by atoms with E-state index in [2.05, 4.69) is 4.99 Å². The molecule has 54 valence electrons. The van der Waals surface area contributed by atoms with E-state index < -0.39 is 6.10 Å². The number of hydrogen-bond acceptors (Lipinski definition) is 2. The topological polar surface area (TPSA) is 35.8 Å². The van der Waals surface area contributed by atoms with Gasteiger partial charge in [-0.05, 0) is 6.92 Å². The first-order chi connectivity index (χ1) is 4.09. The maximum atomic E-state index is 9.01. The SMILES string of the molecule is CN=C(C(C)O)N(C)C. The largest absolute Gasteiger partial charge is 0.385 e. The van der Waals surface area contributed by atoms with Crippen LogP contribution in [0.2, 0.25) is 0 Å². The van der Waals surface area contributed by atoms with Gasteiger partial charge in [-0.2, -0.15) is 0 Å². The number of likely N-dealkylation sites (N-methyl/N-ethyl adjacent to an activating group) is 1. The van der Waals surface area contributed by atoms with Gasteiger partial charge < -0.3 is 10.0 Å². The zero-order chi connectivity index (χ0) is 7.44. The van der Waals surface area contributed by atoms with Crippen molar-refractivity contribution in [2.45, 2.75) is 13.0 Å². The third-order valence-corrected chi connectivity index (χ3v) is 1.06. The van der Waals surface area contributed by atoms with Gasteiger partial charge in [0.15, 0.2) is 0 Å². The summed E-state index contributed by atoms with van der Waals surface area (Å²) in [6.07, 6.45) is -0.468. The molecule has 3 heteroatoms. The number of rotatable bonds is 1. The molecule has 0 fully saturated rings. The molecule has 0 spiro atoms. The molecule has 0 aromatic carbocycles. The molecule has 0 aliphatic heterocycles. The van der Waals surface area contributed by atoms with Gasteiger partial charge >= 0.3 is 0 Å². The van der Waals surface area contributed by atoms with Gasteiger partial charge in [0.2, 0.25) is 0 Å². The van der Waals surface area contributed by atoms with Gasteiger partial charge in [0.25, 0.3) is 0 Å². The molecule has 3 nitrogen and oxygen atoms in total. The summed E-state index contributed by atoms with van der Waals surface area (Å²) < 4.78 is 0. The number of aliphatic imine (C=N–C) groups is 1. The fourth-order valence-corrected chi connectivity index (χ4v) is 0.761. The number of amidine groups is 1. The minimum atomic E-state index is -0.468. The monoisotopic (exact) mass is 130 g/mol. The summed E-state index contributed by atoms with van der Waals surface area (Å²) in [4.78, 5) is 5.68. The van der Waals surface area contributed by atoms with E-state index in [0.717, 1.165) is 0 Å². The Morgan fingerprint density at radius 1 is 1.56 bits per heavy atom. The molecule has 0 heterocycles. The van der Waals surface area contributed by atoms with Crippen LogP contribution in [-0.4, -0.2) is 43.1 Å². The molecule has 1 atom stereocenters. The lowest BCUT2D eigenvalue weighted by molar-refractivity contribution is 0.247. The summed E-state index contributed by atoms with van der Waals surface area (Å²) in [5, 5.41) is 9.01. The smallest absolute Gasteiger partial charge is 0.127 e. The molecule has 0 rings (SSSR count). The van der Waals surface area contributed by atoms with Crippen molar-refractivity contribution in [1.82, 2.24) is 4.90 Å². The van der Waals surface area contributed by atoms with Crippen molar-refractivity contribution >= 4 is 5.84 Å². The van der Waals surface area contributed by atoms with Crippen LogP contribution in [0.5, 0.6) is 0 Å². The van der Waals surface area contributed by atoms with E-state index in [1.165, 1.54) is 0 Å². The molecule has 0 amide bonds. The predicted molar refractivity (Wildman–Crippen MR) is 38.7 cm³/mol. The second-order valence-corrected chi connectivity index (χ2v) is 2.15. The van der Waals surface area contributed by atoms with E-state index in [9.17, 15) is 0 Å². The maximum absolute atomic E-state index is 9.01. The quantitative estimate of drug-likeness (QED) is 0.399. The van der Waals surface area contributed by atoms with Gasteiger partial charge in [0, 0.05) is 21.1 Å². The van der Waals surface area contributed by atoms with Gasteiger partial charge in [0.05, 0.1) is 0 Å². The van der Waals surface area contributed by atoms with Gasteiger partial charge in [-0.1, -0.05) is 0 Å². The summed E-state index contributed by atoms with van der Waals surface area (Å²) >= 11 is 0. The van der Waals surface area contributed by atoms with Gasteiger partial charge in [0.1, 0.15) is 11.9 Å². The zero-order valence-corrected chi connectivity index (χ0v) is 6.42. The van der Waals surface area contributed by atoms with Crippen LogP contribution in [0.4, 0.5) is 0 Å². The van der Waals surface area contributed by atoms with Crippen LogP contribution >= 0.6 is 0 Å². The van der Waals surface area contributed by atoms with Crippen molar-refractivity contribution in [2.75, 3.05) is 21.1 Å². The Morgan fingerprint density at radius 3 is 2.00 bits per heavy atom. The maximum Gasteiger partial charge on any atom is 0.127 e. The van der Waals surface area contributed by atoms with Crippen molar-refractivity contribution in [3.63, 3.8) is 0 Å². The normalized spacial score (nSPS) is 15.4. The van der Waals surface area contributed by atoms with Gasteiger partial charge in [-0.15, -0.1) is 0 Å². The molecule has 0 saturated heterocycles. The van der Waals surface area contributed by atoms with E-state index in [0.29, 0.717) is 5.84 Å². The number of aliphatic hydroxyl groups excluding tert-OH is 1. The summed E-state index contributed by atoms with van der Waals surface area (Å²) in [5.41, 5.74) is 0. The van der Waals surface area contributed by atoms with Crippen LogP contribution in [0, 0.1) is 0 Å². The first kappa shape index (κ1) is 8.43. The van der Waals surface area contributed by atoms with Crippen LogP contribution in [-0.2, 0) is 0 Å². The first-order valence-electron chi connectivity index (χ1n) is 2.91. The Bertz CT molecular complexity index is 97.6. The van der Waals surface area contributed by atoms with E-state index in [4.69, 9.17) is 5.11 Å². The average molecular weight is 130 g/mol. The molecule has 1 unspecified atom stereocenters. The lowest BCUT2D eigenvalue weighted by Crippen LogP contribution is -2.31. The predicted octanol–water partition coefficient (Wildman–Crippen LogP) is -0.0429. The van der Waals surface area contributed by atoms with Gasteiger partial charge in [-0.3, -0.25) is 4.99 Å². The number of nitrogens with zero attached hydrogens (tertiary/aromatic N) is 2. The molecule has 0 bridgehead atoms. The van der Waals surface area contributed by atoms with Crippen LogP contribution in [0.25, 0.3) is 0 Å². The van der Waals surface area contributed by atoms with E-state index in [1.807, 2.05) is 14.1 Å². The third kappa shape index (κ3) is 2.46. The van der Waals surface area contributed by atoms with Crippen LogP contribution in [0.1, 0.15) is 6.92 Å². The van der Waals surface area contributed by atoms with Crippen molar-refractivity contribution in [2.24, 2.45) is 4.99 Å². The Balaban J connectivity index is 4.01. The second kappa shape index (κ2) is 3.45. The fourth-order valence-electron chi connectivity index (χ4n) is 0.761. The Morgan fingerprint density at radius 2 is 2.00 bits per heavy atom. The van der Waals surface area contributed by atoms with Gasteiger partial charge in [-0.25, -0.2) is 0 Å². The second-order valence-electron chi connectivity index (χ2n) is 2.15. The van der Waals surface area contributed by atoms with Crippen LogP contribution in [0.3, 0.4) is 0 Å². The highest BCUT2D eigenvalue weighted by atomic mass is 16.3. The number of hydrogen-bond donors (Lipinski definition) is 1. The molecule has 9 heavy (non-hydrogen) atoms. The van der Waals surface area contributed by atoms with Crippen molar-refractivity contribution in [1.29, 1.82) is 0 Å². The van der Waals surface area contributed by atoms with Crippen molar-refractivity contribution < 1.29 is 5.11 Å². The Kier molecular flexibility index (Phi) is 3.24. The highest BCUT2D eigenvalue weighted by Crippen LogP contribution is 1.89. The fraction of sp³-hybridized carbons (Fsp3) is 0.833. The zero-order valence-electron chi connectivity index (χ0n) is 6.42. The number of aliphatic hydroxyl groups is 1. The highest BCUT2D eigenvalue weighted by molar-refractivity contribution is 5.85. The molecule has 0 aliphatic rings.